The molecule has 1 aliphatic heterocycles. The van der Waals surface area contributed by atoms with Crippen LogP contribution in [0.5, 0.6) is 5.75 Å². The van der Waals surface area contributed by atoms with Crippen molar-refractivity contribution in [3.8, 4) is 5.75 Å². The Hall–Kier alpha value is -4.69. The molecule has 3 aromatic carbocycles. The van der Waals surface area contributed by atoms with E-state index in [0.717, 1.165) is 33.3 Å². The molecule has 200 valence electrons. The van der Waals surface area contributed by atoms with Crippen LogP contribution in [-0.4, -0.2) is 29.2 Å². The van der Waals surface area contributed by atoms with Crippen LogP contribution in [0, 0.1) is 6.92 Å². The Morgan fingerprint density at radius 2 is 1.77 bits per heavy atom. The van der Waals surface area contributed by atoms with E-state index in [-0.39, 0.29) is 12.2 Å². The number of ether oxygens (including phenoxy) is 2. The standard InChI is InChI=1S/C32H27N3O4S/c1-4-39-31(37)27-28(20-10-6-5-7-11-20)34-32-35(29(27)21-14-16-22(38-3)17-15-21)30(36)26(40-32)18-24-19(2)33-25-13-9-8-12-23(24)25/h5-18,29,33H,4H2,1-3H3/b26-18-/t29-/m1/s1. The Bertz CT molecular complexity index is 1950. The number of benzene rings is 3. The van der Waals surface area contributed by atoms with Gasteiger partial charge in [0.2, 0.25) is 0 Å². The van der Waals surface area contributed by atoms with E-state index in [0.29, 0.717) is 26.4 Å². The first-order valence-corrected chi connectivity index (χ1v) is 13.8. The quantitative estimate of drug-likeness (QED) is 0.310. The molecule has 7 nitrogen and oxygen atoms in total. The topological polar surface area (TPSA) is 85.7 Å². The minimum absolute atomic E-state index is 0.198. The van der Waals surface area contributed by atoms with Crippen molar-refractivity contribution in [1.82, 2.24) is 9.55 Å². The van der Waals surface area contributed by atoms with Gasteiger partial charge in [0.05, 0.1) is 35.6 Å². The van der Waals surface area contributed by atoms with Crippen molar-refractivity contribution in [2.24, 2.45) is 4.99 Å². The van der Waals surface area contributed by atoms with Gasteiger partial charge in [-0.2, -0.15) is 0 Å². The Balaban J connectivity index is 1.66. The van der Waals surface area contributed by atoms with Gasteiger partial charge in [0.25, 0.3) is 5.56 Å². The van der Waals surface area contributed by atoms with Crippen LogP contribution in [-0.2, 0) is 9.53 Å². The lowest BCUT2D eigenvalue weighted by atomic mass is 9.93. The summed E-state index contributed by atoms with van der Waals surface area (Å²) in [6.45, 7) is 3.96. The van der Waals surface area contributed by atoms with Gasteiger partial charge in [-0.05, 0) is 43.7 Å². The molecule has 1 aliphatic rings. The number of hydrogen-bond acceptors (Lipinski definition) is 6. The SMILES string of the molecule is CCOC(=O)C1=C(c2ccccc2)N=c2s/c(=C\c3c(C)[nH]c4ccccc34)c(=O)n2[C@@H]1c1ccc(OC)cc1. The molecule has 0 amide bonds. The van der Waals surface area contributed by atoms with Gasteiger partial charge < -0.3 is 14.5 Å². The average molecular weight is 550 g/mol. The summed E-state index contributed by atoms with van der Waals surface area (Å²) in [4.78, 5) is 36.5. The molecule has 0 saturated heterocycles. The number of rotatable bonds is 6. The number of nitrogens with one attached hydrogen (secondary N) is 1. The van der Waals surface area contributed by atoms with Gasteiger partial charge in [-0.15, -0.1) is 0 Å². The van der Waals surface area contributed by atoms with Gasteiger partial charge in [0, 0.05) is 27.7 Å². The van der Waals surface area contributed by atoms with Crippen molar-refractivity contribution in [3.05, 3.63) is 127 Å². The molecule has 0 radical (unpaired) electrons. The van der Waals surface area contributed by atoms with Crippen LogP contribution in [0.25, 0.3) is 22.7 Å². The number of aromatic amines is 1. The number of thiazole rings is 1. The Labute approximate surface area is 234 Å². The lowest BCUT2D eigenvalue weighted by Gasteiger charge is -2.26. The number of carbonyl (C=O) groups is 1. The second-order valence-electron chi connectivity index (χ2n) is 9.41. The fourth-order valence-corrected chi connectivity index (χ4v) is 6.14. The summed E-state index contributed by atoms with van der Waals surface area (Å²) in [6, 6.07) is 24.2. The fourth-order valence-electron chi connectivity index (χ4n) is 5.16. The minimum Gasteiger partial charge on any atom is -0.497 e. The number of fused-ring (bicyclic) bond motifs is 2. The first kappa shape index (κ1) is 25.6. The smallest absolute Gasteiger partial charge is 0.338 e. The third-order valence-electron chi connectivity index (χ3n) is 7.02. The number of aromatic nitrogens is 2. The molecular weight excluding hydrogens is 522 g/mol. The minimum atomic E-state index is -0.734. The number of hydrogen-bond donors (Lipinski definition) is 1. The van der Waals surface area contributed by atoms with Gasteiger partial charge in [0.1, 0.15) is 5.75 Å². The highest BCUT2D eigenvalue weighted by Gasteiger charge is 2.35. The second kappa shape index (κ2) is 10.5. The first-order valence-electron chi connectivity index (χ1n) is 13.0. The molecule has 0 unspecified atom stereocenters. The molecule has 1 atom stereocenters. The summed E-state index contributed by atoms with van der Waals surface area (Å²) in [5.41, 5.74) is 5.05. The first-order chi connectivity index (χ1) is 19.5. The number of nitrogens with zero attached hydrogens (tertiary/aromatic N) is 2. The fraction of sp³-hybridized carbons (Fsp3) is 0.156. The highest BCUT2D eigenvalue weighted by molar-refractivity contribution is 7.07. The van der Waals surface area contributed by atoms with E-state index >= 15 is 0 Å². The molecule has 1 N–H and O–H groups in total. The number of H-pyrrole nitrogens is 1. The predicted molar refractivity (Wildman–Crippen MR) is 157 cm³/mol. The molecule has 5 aromatic rings. The normalized spacial score (nSPS) is 15.2. The van der Waals surface area contributed by atoms with Crippen molar-refractivity contribution in [2.75, 3.05) is 13.7 Å². The van der Waals surface area contributed by atoms with Gasteiger partial charge in [-0.25, -0.2) is 9.79 Å². The van der Waals surface area contributed by atoms with Crippen molar-refractivity contribution in [1.29, 1.82) is 0 Å². The van der Waals surface area contributed by atoms with Gasteiger partial charge in [-0.3, -0.25) is 9.36 Å². The Morgan fingerprint density at radius 1 is 1.05 bits per heavy atom. The number of methoxy groups -OCH3 is 1. The summed E-state index contributed by atoms with van der Waals surface area (Å²) in [5.74, 6) is 0.170. The van der Waals surface area contributed by atoms with Gasteiger partial charge >= 0.3 is 5.97 Å². The Morgan fingerprint density at radius 3 is 2.50 bits per heavy atom. The van der Waals surface area contributed by atoms with Crippen molar-refractivity contribution in [2.45, 2.75) is 19.9 Å². The van der Waals surface area contributed by atoms with Crippen molar-refractivity contribution >= 4 is 40.0 Å². The predicted octanol–water partition coefficient (Wildman–Crippen LogP) is 4.73. The average Bonchev–Trinajstić information content (AvgIpc) is 3.47. The van der Waals surface area contributed by atoms with E-state index in [4.69, 9.17) is 14.5 Å². The molecule has 0 fully saturated rings. The summed E-state index contributed by atoms with van der Waals surface area (Å²) in [7, 11) is 1.60. The van der Waals surface area contributed by atoms with Crippen LogP contribution >= 0.6 is 11.3 Å². The highest BCUT2D eigenvalue weighted by Crippen LogP contribution is 2.35. The molecule has 0 aliphatic carbocycles. The monoisotopic (exact) mass is 549 g/mol. The van der Waals surface area contributed by atoms with E-state index in [1.165, 1.54) is 11.3 Å². The maximum Gasteiger partial charge on any atom is 0.338 e. The maximum atomic E-state index is 14.1. The molecule has 0 saturated carbocycles. The third kappa shape index (κ3) is 4.36. The van der Waals surface area contributed by atoms with Crippen LogP contribution in [0.3, 0.4) is 0 Å². The molecule has 40 heavy (non-hydrogen) atoms. The number of para-hydroxylation sites is 1. The van der Waals surface area contributed by atoms with Crippen molar-refractivity contribution in [3.63, 3.8) is 0 Å². The van der Waals surface area contributed by atoms with Crippen LogP contribution in [0.1, 0.15) is 35.3 Å². The molecule has 8 heteroatoms. The summed E-state index contributed by atoms with van der Waals surface area (Å²) in [6.07, 6.45) is 1.92. The van der Waals surface area contributed by atoms with E-state index in [2.05, 4.69) is 4.98 Å². The summed E-state index contributed by atoms with van der Waals surface area (Å²) < 4.78 is 13.0. The summed E-state index contributed by atoms with van der Waals surface area (Å²) in [5, 5.41) is 1.04. The van der Waals surface area contributed by atoms with Crippen LogP contribution < -0.4 is 19.6 Å². The highest BCUT2D eigenvalue weighted by atomic mass is 32.1. The molecule has 2 aromatic heterocycles. The van der Waals surface area contributed by atoms with E-state index in [9.17, 15) is 9.59 Å². The molecular formula is C32H27N3O4S. The maximum absolute atomic E-state index is 14.1. The van der Waals surface area contributed by atoms with Crippen LogP contribution in [0.2, 0.25) is 0 Å². The lowest BCUT2D eigenvalue weighted by Crippen LogP contribution is -2.40. The lowest BCUT2D eigenvalue weighted by molar-refractivity contribution is -0.138. The van der Waals surface area contributed by atoms with Gasteiger partial charge in [-0.1, -0.05) is 72.0 Å². The Kier molecular flexibility index (Phi) is 6.69. The molecule has 0 spiro atoms. The zero-order chi connectivity index (χ0) is 27.8. The molecule has 3 heterocycles. The third-order valence-corrected chi connectivity index (χ3v) is 8.01. The van der Waals surface area contributed by atoms with Crippen LogP contribution in [0.15, 0.2) is 94.2 Å². The zero-order valence-electron chi connectivity index (χ0n) is 22.3. The molecule has 0 bridgehead atoms. The number of esters is 1. The largest absolute Gasteiger partial charge is 0.497 e. The van der Waals surface area contributed by atoms with Crippen molar-refractivity contribution < 1.29 is 14.3 Å². The van der Waals surface area contributed by atoms with E-state index in [1.807, 2.05) is 91.9 Å². The van der Waals surface area contributed by atoms with Gasteiger partial charge in [0.15, 0.2) is 4.80 Å². The number of aryl methyl sites for hydroxylation is 1. The summed E-state index contributed by atoms with van der Waals surface area (Å²) >= 11 is 1.31. The second-order valence-corrected chi connectivity index (χ2v) is 10.4. The molecule has 6 rings (SSSR count). The zero-order valence-corrected chi connectivity index (χ0v) is 23.1. The van der Waals surface area contributed by atoms with E-state index in [1.54, 1.807) is 18.6 Å². The number of carbonyl (C=O) groups excluding carboxylic acids is 1. The van der Waals surface area contributed by atoms with E-state index < -0.39 is 12.0 Å². The van der Waals surface area contributed by atoms with Crippen LogP contribution in [0.4, 0.5) is 0 Å².